The molecule has 334 valence electrons. The van der Waals surface area contributed by atoms with Gasteiger partial charge in [0.05, 0.1) is 48.0 Å². The van der Waals surface area contributed by atoms with Crippen molar-refractivity contribution in [2.45, 2.75) is 14.7 Å². The molecule has 0 saturated heterocycles. The zero-order valence-electron chi connectivity index (χ0n) is 37.0. The number of hydrogen-bond acceptors (Lipinski definition) is 20. The van der Waals surface area contributed by atoms with E-state index < -0.39 is 71.6 Å². The number of carbonyl (C=O) groups is 1. The van der Waals surface area contributed by atoms with Crippen molar-refractivity contribution in [2.75, 3.05) is 10.7 Å². The average molecular weight is 1060 g/mol. The maximum absolute atomic E-state index is 13.7. The Labute approximate surface area is 488 Å². The molecule has 70 heavy (non-hydrogen) atoms. The Morgan fingerprint density at radius 1 is 0.443 bits per heavy atom. The van der Waals surface area contributed by atoms with E-state index >= 15 is 0 Å². The number of fused-ring (bicyclic) bond motifs is 3. The number of benzene rings is 7. The van der Waals surface area contributed by atoms with Crippen molar-refractivity contribution in [3.63, 3.8) is 0 Å². The van der Waals surface area contributed by atoms with Crippen LogP contribution in [-0.2, 0) is 40.5 Å². The molecule has 1 aliphatic carbocycles. The molecule has 28 heteroatoms. The van der Waals surface area contributed by atoms with E-state index in [1.165, 1.54) is 60.7 Å². The molecule has 0 amide bonds. The summed E-state index contributed by atoms with van der Waals surface area (Å²) < 4.78 is 145. The maximum Gasteiger partial charge on any atom is 1.00 e. The first-order valence-corrected chi connectivity index (χ1v) is 24.2. The van der Waals surface area contributed by atoms with Crippen LogP contribution in [0.4, 0.5) is 39.8 Å². The van der Waals surface area contributed by atoms with Crippen LogP contribution in [0, 0.1) is 0 Å². The maximum atomic E-state index is 13.7. The van der Waals surface area contributed by atoms with Crippen molar-refractivity contribution >= 4 is 119 Å². The molecule has 2 N–H and O–H groups in total. The van der Waals surface area contributed by atoms with Crippen LogP contribution in [0.15, 0.2) is 179 Å². The largest absolute Gasteiger partial charge is 1.00 e. The third-order valence-corrected chi connectivity index (χ3v) is 13.1. The van der Waals surface area contributed by atoms with Gasteiger partial charge in [0, 0.05) is 38.5 Å². The van der Waals surface area contributed by atoms with E-state index in [-0.39, 0.29) is 179 Å². The summed E-state index contributed by atoms with van der Waals surface area (Å²) in [5.74, 6) is -0.935. The Kier molecular flexibility index (Phi) is 20.0. The minimum atomic E-state index is -5.33. The molecule has 1 aliphatic rings. The van der Waals surface area contributed by atoms with E-state index in [0.29, 0.717) is 11.4 Å². The minimum Gasteiger partial charge on any atom is -0.744 e. The Balaban J connectivity index is 0.00000266. The number of carbonyl (C=O) groups excluding carboxylic acids is 1. The predicted octanol–water partition coefficient (Wildman–Crippen LogP) is -4.15. The SMILES string of the molecule is O=C1/C(=N\Nc2ccc(N=Nc3ccc(N=Nc4cccc(S(=O)(=O)[O-])c4)c4ccc(S(=O)(=O)[O-])cc34)c3ccc(S(=O)(=O)[O-])cc23)C(S(=O)(=O)[O-])=Cc2cc(Nc3ccccc3)ccc21.[Na+].[Na+].[Na+].[Na+]. The number of Topliss-reactive ketones (excluding diaryl/α,β-unsaturated/α-hetero) is 1. The van der Waals surface area contributed by atoms with Crippen LogP contribution >= 0.6 is 0 Å². The molecular weight excluding hydrogens is 1030 g/mol. The Hall–Kier alpha value is -3.42. The predicted molar refractivity (Wildman–Crippen MR) is 236 cm³/mol. The molecule has 7 aromatic carbocycles. The Bertz CT molecular complexity index is 3810. The van der Waals surface area contributed by atoms with Gasteiger partial charge in [0.25, 0.3) is 0 Å². The quantitative estimate of drug-likeness (QED) is 0.0508. The van der Waals surface area contributed by atoms with Gasteiger partial charge < -0.3 is 23.5 Å². The topological polar surface area (TPSA) is 332 Å². The molecular formula is C42H25N7Na4O13S4. The molecule has 0 spiro atoms. The number of allylic oxidation sites excluding steroid dienone is 1. The van der Waals surface area contributed by atoms with E-state index in [1.807, 2.05) is 6.07 Å². The first-order chi connectivity index (χ1) is 31.1. The molecule has 0 radical (unpaired) electrons. The van der Waals surface area contributed by atoms with Crippen LogP contribution in [0.25, 0.3) is 27.6 Å². The molecule has 0 aliphatic heterocycles. The van der Waals surface area contributed by atoms with Gasteiger partial charge in [0.15, 0.2) is 0 Å². The number of azo groups is 2. The summed E-state index contributed by atoms with van der Waals surface area (Å²) in [6.45, 7) is 0. The molecule has 0 unspecified atom stereocenters. The fraction of sp³-hybridized carbons (Fsp3) is 0. The van der Waals surface area contributed by atoms with Crippen molar-refractivity contribution in [1.82, 2.24) is 0 Å². The molecule has 0 heterocycles. The van der Waals surface area contributed by atoms with Gasteiger partial charge in [0.1, 0.15) is 46.2 Å². The summed E-state index contributed by atoms with van der Waals surface area (Å²) in [4.78, 5) is 10.9. The molecule has 0 saturated carbocycles. The molecule has 0 aromatic heterocycles. The van der Waals surface area contributed by atoms with Crippen molar-refractivity contribution in [1.29, 1.82) is 0 Å². The smallest absolute Gasteiger partial charge is 0.744 e. The van der Waals surface area contributed by atoms with Crippen LogP contribution in [-0.4, -0.2) is 63.4 Å². The van der Waals surface area contributed by atoms with E-state index in [0.717, 1.165) is 42.5 Å². The molecule has 0 fully saturated rings. The average Bonchev–Trinajstić information content (AvgIpc) is 3.26. The van der Waals surface area contributed by atoms with E-state index in [9.17, 15) is 56.7 Å². The van der Waals surface area contributed by atoms with Gasteiger partial charge in [0.2, 0.25) is 5.78 Å². The molecule has 20 nitrogen and oxygen atoms in total. The van der Waals surface area contributed by atoms with Crippen molar-refractivity contribution in [3.8, 4) is 0 Å². The summed E-state index contributed by atoms with van der Waals surface area (Å²) in [6, 6.07) is 29.9. The fourth-order valence-electron chi connectivity index (χ4n) is 6.71. The first kappa shape index (κ1) is 59.1. The summed E-state index contributed by atoms with van der Waals surface area (Å²) >= 11 is 0. The van der Waals surface area contributed by atoms with Gasteiger partial charge in [-0.05, 0) is 109 Å². The summed E-state index contributed by atoms with van der Waals surface area (Å²) in [7, 11) is -20.2. The van der Waals surface area contributed by atoms with Gasteiger partial charge in [-0.3, -0.25) is 10.2 Å². The second kappa shape index (κ2) is 23.6. The number of anilines is 3. The van der Waals surface area contributed by atoms with Gasteiger partial charge in [-0.1, -0.05) is 36.4 Å². The third kappa shape index (κ3) is 13.6. The van der Waals surface area contributed by atoms with Crippen LogP contribution in [0.3, 0.4) is 0 Å². The Morgan fingerprint density at radius 2 is 0.971 bits per heavy atom. The summed E-state index contributed by atoms with van der Waals surface area (Å²) in [5, 5.41) is 24.0. The molecule has 0 atom stereocenters. The van der Waals surface area contributed by atoms with Crippen molar-refractivity contribution in [3.05, 3.63) is 149 Å². The van der Waals surface area contributed by atoms with E-state index in [2.05, 4.69) is 36.3 Å². The van der Waals surface area contributed by atoms with E-state index in [1.54, 1.807) is 30.3 Å². The second-order valence-corrected chi connectivity index (χ2v) is 19.6. The van der Waals surface area contributed by atoms with E-state index in [4.69, 9.17) is 0 Å². The Morgan fingerprint density at radius 3 is 1.56 bits per heavy atom. The molecule has 7 aromatic rings. The summed E-state index contributed by atoms with van der Waals surface area (Å²) in [6.07, 6.45) is 0.997. The first-order valence-electron chi connectivity index (χ1n) is 18.6. The van der Waals surface area contributed by atoms with Crippen molar-refractivity contribution in [2.24, 2.45) is 25.6 Å². The van der Waals surface area contributed by atoms with Gasteiger partial charge in [-0.25, -0.2) is 33.7 Å². The van der Waals surface area contributed by atoms with Crippen LogP contribution in [0.5, 0.6) is 0 Å². The number of ketones is 1. The number of nitrogens with one attached hydrogen (secondary N) is 2. The fourth-order valence-corrected chi connectivity index (χ4v) is 8.87. The number of hydrazone groups is 1. The van der Waals surface area contributed by atoms with Gasteiger partial charge in [-0.15, -0.1) is 15.3 Å². The number of hydrogen-bond donors (Lipinski definition) is 2. The molecule has 0 bridgehead atoms. The number of rotatable bonds is 12. The normalized spacial score (nSPS) is 13.5. The summed E-state index contributed by atoms with van der Waals surface area (Å²) in [5.41, 5.74) is 3.01. The van der Waals surface area contributed by atoms with Crippen LogP contribution < -0.4 is 129 Å². The number of para-hydroxylation sites is 1. The number of nitrogens with zero attached hydrogens (tertiary/aromatic N) is 5. The van der Waals surface area contributed by atoms with Crippen molar-refractivity contribution < 1.29 is 175 Å². The monoisotopic (exact) mass is 1050 g/mol. The minimum absolute atomic E-state index is 0. The standard InChI is InChI=1S/C42H29N7O13S4.4Na/c50-42-31-12-9-26(43-25-5-2-1-3-6-25)19-24(31)20-40(66(60,61)62)41(42)49-48-39-18-16-37(33-14-11-30(23-35(33)39)65(57,58)59)46-47-38-17-15-36(32-13-10-29(22-34(32)38)64(54,55)56)45-44-27-7-4-8-28(21-27)63(51,52)53;;;;/h1-23,43,48H,(H,51,52,53)(H,54,55,56)(H,57,58,59)(H,60,61,62);;;;/q;4*+1/p-4/b45-44?,47-46?,49-41-;;;;. The van der Waals surface area contributed by atoms with Crippen LogP contribution in [0.1, 0.15) is 15.9 Å². The zero-order valence-corrected chi connectivity index (χ0v) is 48.2. The third-order valence-electron chi connectivity index (χ3n) is 9.78. The zero-order chi connectivity index (χ0) is 47.2. The van der Waals surface area contributed by atoms with Gasteiger partial charge in [-0.2, -0.15) is 10.2 Å². The van der Waals surface area contributed by atoms with Gasteiger partial charge >= 0.3 is 118 Å². The van der Waals surface area contributed by atoms with Crippen LogP contribution in [0.2, 0.25) is 0 Å². The molecule has 8 rings (SSSR count). The second-order valence-electron chi connectivity index (χ2n) is 14.1.